The third kappa shape index (κ3) is 1.75. The minimum atomic E-state index is -0.713. The van der Waals surface area contributed by atoms with Crippen LogP contribution in [0.1, 0.15) is 0 Å². The molecule has 0 aliphatic carbocycles. The lowest BCUT2D eigenvalue weighted by Crippen LogP contribution is -1.94. The van der Waals surface area contributed by atoms with Crippen LogP contribution in [0.25, 0.3) is 0 Å². The van der Waals surface area contributed by atoms with Gasteiger partial charge in [-0.15, -0.1) is 12.6 Å². The molecular formula is C6H4N2O4S. The lowest BCUT2D eigenvalue weighted by Gasteiger charge is -1.96. The van der Waals surface area contributed by atoms with Gasteiger partial charge in [0.1, 0.15) is 0 Å². The highest BCUT2D eigenvalue weighted by molar-refractivity contribution is 7.80. The van der Waals surface area contributed by atoms with E-state index in [-0.39, 0.29) is 16.3 Å². The number of hydrogen-bond acceptors (Lipinski definition) is 5. The van der Waals surface area contributed by atoms with Crippen LogP contribution in [0.5, 0.6) is 0 Å². The van der Waals surface area contributed by atoms with Crippen LogP contribution in [-0.2, 0) is 0 Å². The molecule has 0 aliphatic rings. The van der Waals surface area contributed by atoms with Gasteiger partial charge in [-0.2, -0.15) is 0 Å². The van der Waals surface area contributed by atoms with Crippen LogP contribution in [0, 0.1) is 20.2 Å². The van der Waals surface area contributed by atoms with Crippen molar-refractivity contribution in [3.05, 3.63) is 38.4 Å². The topological polar surface area (TPSA) is 86.3 Å². The van der Waals surface area contributed by atoms with E-state index in [1.807, 2.05) is 0 Å². The van der Waals surface area contributed by atoms with Crippen LogP contribution < -0.4 is 0 Å². The van der Waals surface area contributed by atoms with Gasteiger partial charge in [-0.1, -0.05) is 0 Å². The van der Waals surface area contributed by atoms with Crippen molar-refractivity contribution in [1.29, 1.82) is 0 Å². The van der Waals surface area contributed by atoms with Crippen molar-refractivity contribution >= 4 is 24.0 Å². The largest absolute Gasteiger partial charge is 0.289 e. The highest BCUT2D eigenvalue weighted by Crippen LogP contribution is 2.30. The second-order valence-electron chi connectivity index (χ2n) is 2.16. The Hall–Kier alpha value is -1.63. The van der Waals surface area contributed by atoms with E-state index in [2.05, 4.69) is 12.6 Å². The Kier molecular flexibility index (Phi) is 2.47. The molecular weight excluding hydrogens is 196 g/mol. The smallest absolute Gasteiger partial charge is 0.258 e. The first-order valence-electron chi connectivity index (χ1n) is 3.15. The monoisotopic (exact) mass is 200 g/mol. The zero-order valence-electron chi connectivity index (χ0n) is 6.21. The molecule has 68 valence electrons. The molecule has 1 aromatic carbocycles. The van der Waals surface area contributed by atoms with Gasteiger partial charge in [-0.3, -0.25) is 20.2 Å². The van der Waals surface area contributed by atoms with Crippen molar-refractivity contribution in [3.63, 3.8) is 0 Å². The zero-order chi connectivity index (χ0) is 10.0. The van der Waals surface area contributed by atoms with E-state index in [4.69, 9.17) is 0 Å². The summed E-state index contributed by atoms with van der Waals surface area (Å²) in [7, 11) is 0. The molecule has 0 unspecified atom stereocenters. The summed E-state index contributed by atoms with van der Waals surface area (Å²) in [5, 5.41) is 20.7. The summed E-state index contributed by atoms with van der Waals surface area (Å²) in [6.45, 7) is 0. The molecule has 0 saturated carbocycles. The van der Waals surface area contributed by atoms with Crippen LogP contribution in [0.15, 0.2) is 23.1 Å². The number of nitro benzene ring substituents is 2. The Balaban J connectivity index is 3.35. The first-order valence-corrected chi connectivity index (χ1v) is 3.59. The number of hydrogen-bond donors (Lipinski definition) is 1. The van der Waals surface area contributed by atoms with E-state index < -0.39 is 9.85 Å². The Labute approximate surface area is 77.9 Å². The van der Waals surface area contributed by atoms with E-state index in [0.717, 1.165) is 12.1 Å². The number of nitro groups is 2. The molecule has 0 amide bonds. The summed E-state index contributed by atoms with van der Waals surface area (Å²) in [6.07, 6.45) is 0. The maximum atomic E-state index is 10.3. The van der Waals surface area contributed by atoms with Crippen LogP contribution in [0.3, 0.4) is 0 Å². The fraction of sp³-hybridized carbons (Fsp3) is 0. The van der Waals surface area contributed by atoms with Crippen molar-refractivity contribution < 1.29 is 9.85 Å². The number of nitrogens with zero attached hydrogens (tertiary/aromatic N) is 2. The minimum Gasteiger partial charge on any atom is -0.258 e. The Bertz CT molecular complexity index is 347. The van der Waals surface area contributed by atoms with Crippen LogP contribution in [0.2, 0.25) is 0 Å². The summed E-state index contributed by atoms with van der Waals surface area (Å²) in [5.74, 6) is 0. The predicted octanol–water partition coefficient (Wildman–Crippen LogP) is 1.79. The highest BCUT2D eigenvalue weighted by Gasteiger charge is 2.20. The molecule has 0 aliphatic heterocycles. The lowest BCUT2D eigenvalue weighted by molar-refractivity contribution is -0.399. The van der Waals surface area contributed by atoms with Gasteiger partial charge in [-0.05, 0) is 6.07 Å². The van der Waals surface area contributed by atoms with Gasteiger partial charge >= 0.3 is 0 Å². The summed E-state index contributed by atoms with van der Waals surface area (Å²) in [4.78, 5) is 19.0. The van der Waals surface area contributed by atoms with E-state index in [0.29, 0.717) is 0 Å². The van der Waals surface area contributed by atoms with Crippen LogP contribution >= 0.6 is 12.6 Å². The summed E-state index contributed by atoms with van der Waals surface area (Å²) in [6, 6.07) is 3.57. The van der Waals surface area contributed by atoms with E-state index >= 15 is 0 Å². The second kappa shape index (κ2) is 3.40. The molecule has 0 aromatic heterocycles. The maximum Gasteiger partial charge on any atom is 0.289 e. The lowest BCUT2D eigenvalue weighted by atomic mass is 10.3. The van der Waals surface area contributed by atoms with Gasteiger partial charge in [-0.25, -0.2) is 0 Å². The van der Waals surface area contributed by atoms with E-state index in [9.17, 15) is 20.2 Å². The first kappa shape index (κ1) is 9.46. The van der Waals surface area contributed by atoms with Crippen molar-refractivity contribution in [2.45, 2.75) is 4.90 Å². The molecule has 0 fully saturated rings. The molecule has 7 heteroatoms. The Morgan fingerprint density at radius 1 is 1.08 bits per heavy atom. The summed E-state index contributed by atoms with van der Waals surface area (Å²) in [5.41, 5.74) is -0.727. The van der Waals surface area contributed by atoms with E-state index in [1.54, 1.807) is 0 Å². The molecule has 13 heavy (non-hydrogen) atoms. The maximum absolute atomic E-state index is 10.3. The van der Waals surface area contributed by atoms with Crippen molar-refractivity contribution in [3.8, 4) is 0 Å². The van der Waals surface area contributed by atoms with Crippen molar-refractivity contribution in [2.75, 3.05) is 0 Å². The van der Waals surface area contributed by atoms with Crippen molar-refractivity contribution in [1.82, 2.24) is 0 Å². The van der Waals surface area contributed by atoms with Gasteiger partial charge in [0.25, 0.3) is 11.4 Å². The molecule has 1 aromatic rings. The minimum absolute atomic E-state index is 0.225. The fourth-order valence-electron chi connectivity index (χ4n) is 0.814. The third-order valence-electron chi connectivity index (χ3n) is 1.39. The van der Waals surface area contributed by atoms with Gasteiger partial charge in [0.15, 0.2) is 4.90 Å². The van der Waals surface area contributed by atoms with Crippen LogP contribution in [-0.4, -0.2) is 9.85 Å². The third-order valence-corrected chi connectivity index (χ3v) is 1.85. The summed E-state index contributed by atoms with van der Waals surface area (Å²) < 4.78 is 0. The number of thiol groups is 1. The molecule has 0 atom stereocenters. The van der Waals surface area contributed by atoms with Gasteiger partial charge in [0, 0.05) is 12.1 Å². The molecule has 0 heterocycles. The molecule has 1 rings (SSSR count). The second-order valence-corrected chi connectivity index (χ2v) is 2.61. The standard InChI is InChI=1S/C6H4N2O4S/c9-7(10)4-2-1-3-5(6(4)13)8(11)12/h1-3,13H. The number of rotatable bonds is 2. The molecule has 6 nitrogen and oxygen atoms in total. The molecule has 0 bridgehead atoms. The molecule has 0 N–H and O–H groups in total. The summed E-state index contributed by atoms with van der Waals surface area (Å²) >= 11 is 3.71. The van der Waals surface area contributed by atoms with Crippen molar-refractivity contribution in [2.24, 2.45) is 0 Å². The van der Waals surface area contributed by atoms with Gasteiger partial charge in [0.2, 0.25) is 0 Å². The number of benzene rings is 1. The molecule has 0 saturated heterocycles. The molecule has 0 radical (unpaired) electrons. The SMILES string of the molecule is O=[N+]([O-])c1cccc([N+](=O)[O-])c1S. The zero-order valence-corrected chi connectivity index (χ0v) is 7.10. The molecule has 0 spiro atoms. The Morgan fingerprint density at radius 3 is 1.77 bits per heavy atom. The normalized spacial score (nSPS) is 9.62. The predicted molar refractivity (Wildman–Crippen MR) is 47.0 cm³/mol. The Morgan fingerprint density at radius 2 is 1.46 bits per heavy atom. The average molecular weight is 200 g/mol. The average Bonchev–Trinajstić information content (AvgIpc) is 2.03. The van der Waals surface area contributed by atoms with E-state index in [1.165, 1.54) is 6.07 Å². The van der Waals surface area contributed by atoms with Gasteiger partial charge in [0.05, 0.1) is 9.85 Å². The van der Waals surface area contributed by atoms with Gasteiger partial charge < -0.3 is 0 Å². The van der Waals surface area contributed by atoms with Crippen LogP contribution in [0.4, 0.5) is 11.4 Å². The quantitative estimate of drug-likeness (QED) is 0.448. The fourth-order valence-corrected chi connectivity index (χ4v) is 1.13. The first-order chi connectivity index (χ1) is 6.04. The highest BCUT2D eigenvalue weighted by atomic mass is 32.1.